The maximum atomic E-state index is 10.6. The third kappa shape index (κ3) is 3.67. The predicted molar refractivity (Wildman–Crippen MR) is 74.2 cm³/mol. The van der Waals surface area contributed by atoms with E-state index in [1.807, 2.05) is 0 Å². The van der Waals surface area contributed by atoms with Crippen LogP contribution >= 0.6 is 15.9 Å². The SMILES string of the molecule is Cc1nc(COc2c(Br)cccc2C=CC(=O)O)no1. The normalized spacial score (nSPS) is 10.9. The third-order valence-corrected chi connectivity index (χ3v) is 2.94. The highest BCUT2D eigenvalue weighted by Crippen LogP contribution is 2.30. The first-order chi connectivity index (χ1) is 9.56. The molecule has 104 valence electrons. The molecule has 6 nitrogen and oxygen atoms in total. The maximum Gasteiger partial charge on any atom is 0.328 e. The van der Waals surface area contributed by atoms with E-state index in [1.54, 1.807) is 25.1 Å². The zero-order valence-electron chi connectivity index (χ0n) is 10.5. The van der Waals surface area contributed by atoms with Crippen LogP contribution in [0.15, 0.2) is 33.3 Å². The minimum Gasteiger partial charge on any atom is -0.484 e. The largest absolute Gasteiger partial charge is 0.484 e. The first-order valence-electron chi connectivity index (χ1n) is 5.68. The van der Waals surface area contributed by atoms with Crippen LogP contribution in [0, 0.1) is 6.92 Å². The fourth-order valence-corrected chi connectivity index (χ4v) is 2.00. The van der Waals surface area contributed by atoms with E-state index in [-0.39, 0.29) is 6.61 Å². The van der Waals surface area contributed by atoms with Crippen LogP contribution in [0.25, 0.3) is 6.08 Å². The fourth-order valence-electron chi connectivity index (χ4n) is 1.51. The van der Waals surface area contributed by atoms with Crippen LogP contribution in [-0.4, -0.2) is 21.2 Å². The van der Waals surface area contributed by atoms with E-state index in [0.717, 1.165) is 6.08 Å². The molecule has 1 heterocycles. The van der Waals surface area contributed by atoms with Crippen LogP contribution in [0.2, 0.25) is 0 Å². The summed E-state index contributed by atoms with van der Waals surface area (Å²) in [6.45, 7) is 1.82. The zero-order chi connectivity index (χ0) is 14.5. The number of carboxylic acids is 1. The molecule has 0 bridgehead atoms. The van der Waals surface area contributed by atoms with Crippen LogP contribution in [0.4, 0.5) is 0 Å². The lowest BCUT2D eigenvalue weighted by Gasteiger charge is -2.09. The first-order valence-corrected chi connectivity index (χ1v) is 6.47. The Labute approximate surface area is 123 Å². The lowest BCUT2D eigenvalue weighted by molar-refractivity contribution is -0.131. The molecule has 0 saturated carbocycles. The summed E-state index contributed by atoms with van der Waals surface area (Å²) in [6, 6.07) is 5.34. The van der Waals surface area contributed by atoms with E-state index in [9.17, 15) is 4.79 Å². The van der Waals surface area contributed by atoms with Gasteiger partial charge in [-0.15, -0.1) is 0 Å². The molecule has 0 radical (unpaired) electrons. The van der Waals surface area contributed by atoms with Gasteiger partial charge < -0.3 is 14.4 Å². The Bertz CT molecular complexity index is 652. The molecule has 0 spiro atoms. The summed E-state index contributed by atoms with van der Waals surface area (Å²) in [4.78, 5) is 14.6. The molecule has 0 aliphatic rings. The summed E-state index contributed by atoms with van der Waals surface area (Å²) in [5.74, 6) is 0.380. The average molecular weight is 339 g/mol. The molecular weight excluding hydrogens is 328 g/mol. The van der Waals surface area contributed by atoms with Gasteiger partial charge in [-0.25, -0.2) is 4.79 Å². The van der Waals surface area contributed by atoms with Crippen molar-refractivity contribution in [3.63, 3.8) is 0 Å². The molecule has 2 rings (SSSR count). The fraction of sp³-hybridized carbons (Fsp3) is 0.154. The van der Waals surface area contributed by atoms with Gasteiger partial charge in [0.2, 0.25) is 11.7 Å². The molecule has 1 aromatic heterocycles. The van der Waals surface area contributed by atoms with Crippen LogP contribution in [0.5, 0.6) is 5.75 Å². The number of aromatic nitrogens is 2. The number of rotatable bonds is 5. The topological polar surface area (TPSA) is 85.5 Å². The number of carboxylic acid groups (broad SMARTS) is 1. The number of nitrogens with zero attached hydrogens (tertiary/aromatic N) is 2. The Hall–Kier alpha value is -2.15. The first kappa shape index (κ1) is 14.3. The van der Waals surface area contributed by atoms with Gasteiger partial charge >= 0.3 is 5.97 Å². The maximum absolute atomic E-state index is 10.6. The molecule has 20 heavy (non-hydrogen) atoms. The van der Waals surface area contributed by atoms with Crippen molar-refractivity contribution in [1.29, 1.82) is 0 Å². The van der Waals surface area contributed by atoms with Crippen molar-refractivity contribution in [3.05, 3.63) is 46.0 Å². The van der Waals surface area contributed by atoms with E-state index < -0.39 is 5.97 Å². The van der Waals surface area contributed by atoms with E-state index in [0.29, 0.717) is 27.5 Å². The van der Waals surface area contributed by atoms with Crippen LogP contribution in [-0.2, 0) is 11.4 Å². The minimum absolute atomic E-state index is 0.133. The Kier molecular flexibility index (Phi) is 4.52. The lowest BCUT2D eigenvalue weighted by atomic mass is 10.2. The molecule has 2 aromatic rings. The van der Waals surface area contributed by atoms with Crippen molar-refractivity contribution < 1.29 is 19.2 Å². The Balaban J connectivity index is 2.19. The minimum atomic E-state index is -1.02. The highest BCUT2D eigenvalue weighted by molar-refractivity contribution is 9.10. The summed E-state index contributed by atoms with van der Waals surface area (Å²) in [6.07, 6.45) is 2.51. The number of aliphatic carboxylic acids is 1. The molecule has 1 aromatic carbocycles. The number of benzene rings is 1. The Morgan fingerprint density at radius 1 is 1.55 bits per heavy atom. The molecule has 0 unspecified atom stereocenters. The van der Waals surface area contributed by atoms with Gasteiger partial charge in [-0.1, -0.05) is 17.3 Å². The van der Waals surface area contributed by atoms with Gasteiger partial charge in [0, 0.05) is 18.6 Å². The highest BCUT2D eigenvalue weighted by Gasteiger charge is 2.09. The van der Waals surface area contributed by atoms with Gasteiger partial charge in [0.05, 0.1) is 4.47 Å². The second kappa shape index (κ2) is 6.33. The van der Waals surface area contributed by atoms with Gasteiger partial charge in [0.25, 0.3) is 0 Å². The smallest absolute Gasteiger partial charge is 0.328 e. The van der Waals surface area contributed by atoms with E-state index in [4.69, 9.17) is 14.4 Å². The molecule has 0 aliphatic carbocycles. The molecule has 0 fully saturated rings. The van der Waals surface area contributed by atoms with Gasteiger partial charge in [0.1, 0.15) is 5.75 Å². The summed E-state index contributed by atoms with van der Waals surface area (Å²) in [5, 5.41) is 12.4. The number of carbonyl (C=O) groups is 1. The van der Waals surface area contributed by atoms with E-state index in [2.05, 4.69) is 26.1 Å². The molecular formula is C13H11BrN2O4. The summed E-state index contributed by atoms with van der Waals surface area (Å²) >= 11 is 3.36. The Morgan fingerprint density at radius 3 is 3.00 bits per heavy atom. The van der Waals surface area contributed by atoms with Gasteiger partial charge in [-0.3, -0.25) is 0 Å². The molecule has 0 atom stereocenters. The van der Waals surface area contributed by atoms with Crippen molar-refractivity contribution in [3.8, 4) is 5.75 Å². The number of para-hydroxylation sites is 1. The zero-order valence-corrected chi connectivity index (χ0v) is 12.1. The molecule has 0 amide bonds. The number of hydrogen-bond acceptors (Lipinski definition) is 5. The molecule has 0 aliphatic heterocycles. The van der Waals surface area contributed by atoms with Crippen LogP contribution in [0.1, 0.15) is 17.3 Å². The number of halogens is 1. The molecule has 0 saturated heterocycles. The average Bonchev–Trinajstić information content (AvgIpc) is 2.81. The van der Waals surface area contributed by atoms with Crippen molar-refractivity contribution in [2.24, 2.45) is 0 Å². The van der Waals surface area contributed by atoms with E-state index >= 15 is 0 Å². The van der Waals surface area contributed by atoms with Crippen molar-refractivity contribution in [2.75, 3.05) is 0 Å². The Morgan fingerprint density at radius 2 is 2.35 bits per heavy atom. The quantitative estimate of drug-likeness (QED) is 0.843. The number of aryl methyl sites for hydroxylation is 1. The lowest BCUT2D eigenvalue weighted by Crippen LogP contribution is -2.00. The number of ether oxygens (including phenoxy) is 1. The predicted octanol–water partition coefficient (Wildman–Crippen LogP) is 2.82. The van der Waals surface area contributed by atoms with E-state index in [1.165, 1.54) is 6.08 Å². The monoisotopic (exact) mass is 338 g/mol. The second-order valence-corrected chi connectivity index (χ2v) is 4.70. The standard InChI is InChI=1S/C13H11BrN2O4/c1-8-15-11(16-20-8)7-19-13-9(5-6-12(17)18)3-2-4-10(13)14/h2-6H,7H2,1H3,(H,17,18). The number of hydrogen-bond donors (Lipinski definition) is 1. The molecule has 1 N–H and O–H groups in total. The summed E-state index contributed by atoms with van der Waals surface area (Å²) in [7, 11) is 0. The van der Waals surface area contributed by atoms with Crippen LogP contribution < -0.4 is 4.74 Å². The highest BCUT2D eigenvalue weighted by atomic mass is 79.9. The summed E-state index contributed by atoms with van der Waals surface area (Å²) in [5.41, 5.74) is 0.641. The van der Waals surface area contributed by atoms with Crippen molar-refractivity contribution in [1.82, 2.24) is 10.1 Å². The second-order valence-electron chi connectivity index (χ2n) is 3.85. The van der Waals surface area contributed by atoms with Crippen molar-refractivity contribution >= 4 is 28.0 Å². The molecule has 7 heteroatoms. The van der Waals surface area contributed by atoms with Crippen molar-refractivity contribution in [2.45, 2.75) is 13.5 Å². The van der Waals surface area contributed by atoms with Gasteiger partial charge in [-0.2, -0.15) is 4.98 Å². The van der Waals surface area contributed by atoms with Crippen LogP contribution in [0.3, 0.4) is 0 Å². The summed E-state index contributed by atoms with van der Waals surface area (Å²) < 4.78 is 11.2. The van der Waals surface area contributed by atoms with Gasteiger partial charge in [-0.05, 0) is 28.1 Å². The van der Waals surface area contributed by atoms with Gasteiger partial charge in [0.15, 0.2) is 6.61 Å². The third-order valence-electron chi connectivity index (χ3n) is 2.32.